The summed E-state index contributed by atoms with van der Waals surface area (Å²) in [5.41, 5.74) is 0.954. The molecule has 3 rings (SSSR count). The average Bonchev–Trinajstić information content (AvgIpc) is 3.44. The number of nitrogens with zero attached hydrogens (tertiary/aromatic N) is 1. The van der Waals surface area contributed by atoms with Crippen LogP contribution in [0.4, 0.5) is 4.79 Å². The molecule has 0 spiro atoms. The zero-order valence-corrected chi connectivity index (χ0v) is 18.2. The minimum atomic E-state index is -0.347. The first-order valence-corrected chi connectivity index (χ1v) is 10.4. The van der Waals surface area contributed by atoms with Crippen LogP contribution in [-0.2, 0) is 4.74 Å². The first-order valence-electron chi connectivity index (χ1n) is 10.4. The second-order valence-corrected chi connectivity index (χ2v) is 7.91. The topological polar surface area (TPSA) is 73.2 Å². The second-order valence-electron chi connectivity index (χ2n) is 7.91. The minimum absolute atomic E-state index is 0.0797. The van der Waals surface area contributed by atoms with E-state index in [1.807, 2.05) is 35.2 Å². The number of amides is 2. The third-order valence-electron chi connectivity index (χ3n) is 5.23. The Labute approximate surface area is 178 Å². The number of methoxy groups -OCH3 is 2. The quantitative estimate of drug-likeness (QED) is 0.649. The van der Waals surface area contributed by atoms with Gasteiger partial charge in [0.15, 0.2) is 0 Å². The molecule has 2 heterocycles. The number of ether oxygens (including phenoxy) is 3. The number of rotatable bonds is 9. The van der Waals surface area contributed by atoms with Gasteiger partial charge in [-0.05, 0) is 49.1 Å². The van der Waals surface area contributed by atoms with E-state index < -0.39 is 0 Å². The molecule has 30 heavy (non-hydrogen) atoms. The van der Waals surface area contributed by atoms with Gasteiger partial charge in [-0.15, -0.1) is 0 Å². The van der Waals surface area contributed by atoms with Crippen LogP contribution in [0.25, 0.3) is 0 Å². The van der Waals surface area contributed by atoms with E-state index in [-0.39, 0.29) is 18.1 Å². The first kappa shape index (κ1) is 22.0. The van der Waals surface area contributed by atoms with Gasteiger partial charge >= 0.3 is 6.03 Å². The molecule has 2 aromatic rings. The van der Waals surface area contributed by atoms with Gasteiger partial charge in [-0.3, -0.25) is 0 Å². The standard InChI is InChI=1S/C23H32N2O5/c1-16(2)14-29-15-19(22-8-6-12-30-22)24-23(26)25-11-5-7-20(25)18-13-17(27-3)9-10-21(18)28-4/h6,8-10,12-13,16,19-20H,5,7,11,14-15H2,1-4H3,(H,24,26). The lowest BCUT2D eigenvalue weighted by Crippen LogP contribution is -2.42. The smallest absolute Gasteiger partial charge is 0.318 e. The van der Waals surface area contributed by atoms with Crippen LogP contribution in [0.15, 0.2) is 41.0 Å². The van der Waals surface area contributed by atoms with Crippen LogP contribution in [-0.4, -0.2) is 44.9 Å². The van der Waals surface area contributed by atoms with E-state index in [1.165, 1.54) is 0 Å². The Morgan fingerprint density at radius 3 is 2.73 bits per heavy atom. The van der Waals surface area contributed by atoms with E-state index in [9.17, 15) is 4.79 Å². The molecular weight excluding hydrogens is 384 g/mol. The van der Waals surface area contributed by atoms with Gasteiger partial charge in [0.05, 0.1) is 33.1 Å². The van der Waals surface area contributed by atoms with Crippen LogP contribution >= 0.6 is 0 Å². The summed E-state index contributed by atoms with van der Waals surface area (Å²) < 4.78 is 22.3. The van der Waals surface area contributed by atoms with Crippen LogP contribution in [0.2, 0.25) is 0 Å². The van der Waals surface area contributed by atoms with E-state index >= 15 is 0 Å². The van der Waals surface area contributed by atoms with Gasteiger partial charge in [-0.1, -0.05) is 13.8 Å². The number of likely N-dealkylation sites (tertiary alicyclic amines) is 1. The third kappa shape index (κ3) is 5.27. The van der Waals surface area contributed by atoms with Crippen molar-refractivity contribution < 1.29 is 23.4 Å². The van der Waals surface area contributed by atoms with Crippen molar-refractivity contribution >= 4 is 6.03 Å². The summed E-state index contributed by atoms with van der Waals surface area (Å²) in [6.45, 7) is 5.85. The van der Waals surface area contributed by atoms with Crippen LogP contribution in [0.3, 0.4) is 0 Å². The van der Waals surface area contributed by atoms with Crippen molar-refractivity contribution in [1.82, 2.24) is 10.2 Å². The fourth-order valence-corrected chi connectivity index (χ4v) is 3.77. The molecule has 2 unspecified atom stereocenters. The number of carbonyl (C=O) groups is 1. The highest BCUT2D eigenvalue weighted by Gasteiger charge is 2.33. The Kier molecular flexibility index (Phi) is 7.63. The molecule has 7 nitrogen and oxygen atoms in total. The maximum Gasteiger partial charge on any atom is 0.318 e. The average molecular weight is 417 g/mol. The molecule has 2 atom stereocenters. The fraction of sp³-hybridized carbons (Fsp3) is 0.522. The number of benzene rings is 1. The Bertz CT molecular complexity index is 806. The van der Waals surface area contributed by atoms with E-state index in [2.05, 4.69) is 19.2 Å². The van der Waals surface area contributed by atoms with E-state index in [0.29, 0.717) is 31.4 Å². The lowest BCUT2D eigenvalue weighted by molar-refractivity contribution is 0.0841. The normalized spacial score (nSPS) is 17.2. The zero-order chi connectivity index (χ0) is 21.5. The predicted octanol–water partition coefficient (Wildman–Crippen LogP) is 4.56. The number of carbonyl (C=O) groups excluding carboxylic acids is 1. The molecule has 164 valence electrons. The number of urea groups is 1. The van der Waals surface area contributed by atoms with Crippen molar-refractivity contribution in [2.24, 2.45) is 5.92 Å². The van der Waals surface area contributed by atoms with Crippen LogP contribution < -0.4 is 14.8 Å². The Morgan fingerprint density at radius 1 is 1.23 bits per heavy atom. The third-order valence-corrected chi connectivity index (χ3v) is 5.23. The Hall–Kier alpha value is -2.67. The largest absolute Gasteiger partial charge is 0.497 e. The second kappa shape index (κ2) is 10.4. The summed E-state index contributed by atoms with van der Waals surface area (Å²) in [7, 11) is 3.28. The van der Waals surface area contributed by atoms with Crippen molar-refractivity contribution in [3.05, 3.63) is 47.9 Å². The maximum absolute atomic E-state index is 13.2. The monoisotopic (exact) mass is 416 g/mol. The molecule has 7 heteroatoms. The molecular formula is C23H32N2O5. The number of furan rings is 1. The first-order chi connectivity index (χ1) is 14.5. The van der Waals surface area contributed by atoms with Crippen molar-refractivity contribution in [1.29, 1.82) is 0 Å². The summed E-state index contributed by atoms with van der Waals surface area (Å²) in [5.74, 6) is 2.60. The molecule has 1 fully saturated rings. The van der Waals surface area contributed by atoms with E-state index in [4.69, 9.17) is 18.6 Å². The predicted molar refractivity (Wildman–Crippen MR) is 114 cm³/mol. The molecule has 1 aliphatic heterocycles. The number of hydrogen-bond donors (Lipinski definition) is 1. The highest BCUT2D eigenvalue weighted by atomic mass is 16.5. The van der Waals surface area contributed by atoms with E-state index in [1.54, 1.807) is 20.5 Å². The SMILES string of the molecule is COc1ccc(OC)c(C2CCCN2C(=O)NC(COCC(C)C)c2ccco2)c1. The summed E-state index contributed by atoms with van der Waals surface area (Å²) >= 11 is 0. The minimum Gasteiger partial charge on any atom is -0.497 e. The molecule has 0 radical (unpaired) electrons. The lowest BCUT2D eigenvalue weighted by atomic mass is 10.0. The molecule has 0 bridgehead atoms. The maximum atomic E-state index is 13.2. The molecule has 1 aromatic heterocycles. The van der Waals surface area contributed by atoms with Crippen molar-refractivity contribution in [2.75, 3.05) is 34.0 Å². The van der Waals surface area contributed by atoms with Gasteiger partial charge < -0.3 is 28.8 Å². The van der Waals surface area contributed by atoms with Gasteiger partial charge in [0.25, 0.3) is 0 Å². The highest BCUT2D eigenvalue weighted by molar-refractivity contribution is 5.76. The van der Waals surface area contributed by atoms with Crippen molar-refractivity contribution in [3.63, 3.8) is 0 Å². The number of hydrogen-bond acceptors (Lipinski definition) is 5. The Balaban J connectivity index is 1.75. The molecule has 1 aliphatic rings. The molecule has 1 N–H and O–H groups in total. The summed E-state index contributed by atoms with van der Waals surface area (Å²) in [6, 6.07) is 8.80. The Morgan fingerprint density at radius 2 is 2.07 bits per heavy atom. The molecule has 2 amide bonds. The van der Waals surface area contributed by atoms with Crippen LogP contribution in [0.5, 0.6) is 11.5 Å². The molecule has 0 saturated carbocycles. The zero-order valence-electron chi connectivity index (χ0n) is 18.2. The number of nitrogens with one attached hydrogen (secondary N) is 1. The van der Waals surface area contributed by atoms with Gasteiger partial charge in [0.1, 0.15) is 23.3 Å². The summed E-state index contributed by atoms with van der Waals surface area (Å²) in [5, 5.41) is 3.10. The molecule has 0 aliphatic carbocycles. The van der Waals surface area contributed by atoms with Gasteiger partial charge in [0, 0.05) is 18.7 Å². The molecule has 1 aromatic carbocycles. The highest BCUT2D eigenvalue weighted by Crippen LogP contribution is 2.39. The van der Waals surface area contributed by atoms with Gasteiger partial charge in [-0.25, -0.2) is 4.79 Å². The van der Waals surface area contributed by atoms with Crippen LogP contribution in [0, 0.1) is 5.92 Å². The summed E-state index contributed by atoms with van der Waals surface area (Å²) in [6.07, 6.45) is 3.40. The van der Waals surface area contributed by atoms with E-state index in [0.717, 1.165) is 29.9 Å². The summed E-state index contributed by atoms with van der Waals surface area (Å²) in [4.78, 5) is 15.1. The van der Waals surface area contributed by atoms with Crippen molar-refractivity contribution in [2.45, 2.75) is 38.8 Å². The van der Waals surface area contributed by atoms with Crippen molar-refractivity contribution in [3.8, 4) is 11.5 Å². The fourth-order valence-electron chi connectivity index (χ4n) is 3.77. The molecule has 1 saturated heterocycles. The van der Waals surface area contributed by atoms with Gasteiger partial charge in [0.2, 0.25) is 0 Å². The lowest BCUT2D eigenvalue weighted by Gasteiger charge is -2.28. The van der Waals surface area contributed by atoms with Crippen LogP contribution in [0.1, 0.15) is 50.1 Å². The van der Waals surface area contributed by atoms with Gasteiger partial charge in [-0.2, -0.15) is 0 Å².